The van der Waals surface area contributed by atoms with Crippen LogP contribution in [-0.4, -0.2) is 46.5 Å². The van der Waals surface area contributed by atoms with Crippen LogP contribution in [0.25, 0.3) is 0 Å². The molecule has 2 heterocycles. The minimum Gasteiger partial charge on any atom is -0.376 e. The number of anilines is 1. The summed E-state index contributed by atoms with van der Waals surface area (Å²) in [5, 5.41) is 7.11. The zero-order chi connectivity index (χ0) is 15.4. The third-order valence-corrected chi connectivity index (χ3v) is 3.48. The number of nitrogens with one attached hydrogen (secondary N) is 1. The highest BCUT2D eigenvalue weighted by Gasteiger charge is 2.27. The summed E-state index contributed by atoms with van der Waals surface area (Å²) < 4.78 is 7.62. The van der Waals surface area contributed by atoms with Gasteiger partial charge in [-0.15, -0.1) is 0 Å². The van der Waals surface area contributed by atoms with E-state index in [1.54, 1.807) is 11.1 Å². The van der Waals surface area contributed by atoms with E-state index in [-0.39, 0.29) is 18.2 Å². The van der Waals surface area contributed by atoms with Crippen molar-refractivity contribution in [2.24, 2.45) is 5.92 Å². The van der Waals surface area contributed by atoms with Crippen LogP contribution in [0.1, 0.15) is 40.2 Å². The summed E-state index contributed by atoms with van der Waals surface area (Å²) in [4.78, 5) is 14.0. The van der Waals surface area contributed by atoms with Crippen molar-refractivity contribution in [3.63, 3.8) is 0 Å². The van der Waals surface area contributed by atoms with Crippen LogP contribution in [0.15, 0.2) is 12.4 Å². The van der Waals surface area contributed by atoms with Crippen molar-refractivity contribution in [3.8, 4) is 0 Å². The fraction of sp³-hybridized carbons (Fsp3) is 0.733. The van der Waals surface area contributed by atoms with E-state index in [1.807, 2.05) is 10.9 Å². The molecule has 6 nitrogen and oxygen atoms in total. The average molecular weight is 294 g/mol. The van der Waals surface area contributed by atoms with Gasteiger partial charge in [-0.25, -0.2) is 4.79 Å². The first-order chi connectivity index (χ1) is 9.95. The fourth-order valence-corrected chi connectivity index (χ4v) is 2.26. The fourth-order valence-electron chi connectivity index (χ4n) is 2.26. The number of likely N-dealkylation sites (tertiary alicyclic amines) is 1. The monoisotopic (exact) mass is 294 g/mol. The van der Waals surface area contributed by atoms with Crippen molar-refractivity contribution >= 4 is 11.7 Å². The molecule has 0 spiro atoms. The van der Waals surface area contributed by atoms with Crippen LogP contribution in [-0.2, 0) is 4.74 Å². The second-order valence-corrected chi connectivity index (χ2v) is 6.32. The Balaban J connectivity index is 1.81. The number of nitrogens with zero attached hydrogens (tertiary/aromatic N) is 3. The van der Waals surface area contributed by atoms with E-state index in [2.05, 4.69) is 38.1 Å². The molecule has 1 aromatic rings. The van der Waals surface area contributed by atoms with Gasteiger partial charge in [0.05, 0.1) is 18.0 Å². The number of urea groups is 1. The molecule has 1 aliphatic heterocycles. The molecule has 1 aliphatic rings. The van der Waals surface area contributed by atoms with Crippen molar-refractivity contribution in [2.75, 3.05) is 25.0 Å². The Morgan fingerprint density at radius 3 is 2.86 bits per heavy atom. The molecule has 0 radical (unpaired) electrons. The van der Waals surface area contributed by atoms with Crippen molar-refractivity contribution in [1.82, 2.24) is 14.7 Å². The molecule has 0 unspecified atom stereocenters. The van der Waals surface area contributed by atoms with Crippen LogP contribution in [0, 0.1) is 5.92 Å². The number of rotatable bonds is 5. The molecule has 1 N–H and O–H groups in total. The first-order valence-corrected chi connectivity index (χ1v) is 7.67. The molecule has 1 saturated heterocycles. The summed E-state index contributed by atoms with van der Waals surface area (Å²) in [5.74, 6) is 0.523. The highest BCUT2D eigenvalue weighted by molar-refractivity contribution is 5.89. The Morgan fingerprint density at radius 1 is 1.48 bits per heavy atom. The Labute approximate surface area is 126 Å². The molecule has 6 heteroatoms. The largest absolute Gasteiger partial charge is 0.376 e. The number of hydrogen-bond donors (Lipinski definition) is 1. The lowest BCUT2D eigenvalue weighted by molar-refractivity contribution is 0.0440. The number of carbonyl (C=O) groups excluding carboxylic acids is 1. The maximum atomic E-state index is 12.2. The van der Waals surface area contributed by atoms with E-state index in [0.717, 1.165) is 25.3 Å². The highest BCUT2D eigenvalue weighted by Crippen LogP contribution is 2.16. The summed E-state index contributed by atoms with van der Waals surface area (Å²) in [5.41, 5.74) is 0.736. The summed E-state index contributed by atoms with van der Waals surface area (Å²) in [6.07, 6.45) is 4.61. The van der Waals surface area contributed by atoms with E-state index < -0.39 is 0 Å². The zero-order valence-electron chi connectivity index (χ0n) is 13.4. The molecular formula is C15H26N4O2. The number of aromatic nitrogens is 2. The third kappa shape index (κ3) is 4.46. The Bertz CT molecular complexity index is 470. The van der Waals surface area contributed by atoms with Gasteiger partial charge in [0.1, 0.15) is 0 Å². The van der Waals surface area contributed by atoms with Gasteiger partial charge in [-0.1, -0.05) is 13.8 Å². The van der Waals surface area contributed by atoms with Crippen molar-refractivity contribution in [2.45, 2.75) is 46.3 Å². The second kappa shape index (κ2) is 6.93. The first-order valence-electron chi connectivity index (χ1n) is 7.67. The molecular weight excluding hydrogens is 268 g/mol. The first kappa shape index (κ1) is 15.8. The molecule has 0 saturated carbocycles. The Hall–Kier alpha value is -1.56. The lowest BCUT2D eigenvalue weighted by atomic mass is 10.2. The van der Waals surface area contributed by atoms with Gasteiger partial charge in [0.25, 0.3) is 0 Å². The van der Waals surface area contributed by atoms with E-state index in [1.165, 1.54) is 0 Å². The number of hydrogen-bond acceptors (Lipinski definition) is 3. The topological polar surface area (TPSA) is 59.4 Å². The predicted octanol–water partition coefficient (Wildman–Crippen LogP) is 2.74. The van der Waals surface area contributed by atoms with E-state index >= 15 is 0 Å². The summed E-state index contributed by atoms with van der Waals surface area (Å²) >= 11 is 0. The molecule has 2 rings (SSSR count). The molecule has 1 aromatic heterocycles. The maximum Gasteiger partial charge on any atom is 0.322 e. The smallest absolute Gasteiger partial charge is 0.322 e. The van der Waals surface area contributed by atoms with Gasteiger partial charge in [0.15, 0.2) is 0 Å². The van der Waals surface area contributed by atoms with Crippen molar-refractivity contribution in [1.29, 1.82) is 0 Å². The Kier molecular flexibility index (Phi) is 5.22. The summed E-state index contributed by atoms with van der Waals surface area (Å²) in [6.45, 7) is 10.5. The second-order valence-electron chi connectivity index (χ2n) is 6.32. The maximum absolute atomic E-state index is 12.2. The van der Waals surface area contributed by atoms with Crippen LogP contribution in [0.2, 0.25) is 0 Å². The molecule has 118 valence electrons. The molecule has 2 amide bonds. The van der Waals surface area contributed by atoms with Crippen LogP contribution < -0.4 is 5.32 Å². The van der Waals surface area contributed by atoms with E-state index in [4.69, 9.17) is 4.74 Å². The summed E-state index contributed by atoms with van der Waals surface area (Å²) in [6, 6.07) is 0.213. The molecule has 0 bridgehead atoms. The lowest BCUT2D eigenvalue weighted by Crippen LogP contribution is -2.34. The van der Waals surface area contributed by atoms with Gasteiger partial charge in [0.2, 0.25) is 0 Å². The lowest BCUT2D eigenvalue weighted by Gasteiger charge is -2.17. The number of ether oxygens (including phenoxy) is 1. The van der Waals surface area contributed by atoms with Crippen LogP contribution >= 0.6 is 0 Å². The van der Waals surface area contributed by atoms with Gasteiger partial charge < -0.3 is 15.0 Å². The Morgan fingerprint density at radius 2 is 2.24 bits per heavy atom. The normalized spacial score (nSPS) is 18.8. The van der Waals surface area contributed by atoms with Crippen molar-refractivity contribution in [3.05, 3.63) is 12.4 Å². The minimum absolute atomic E-state index is 0.0750. The summed E-state index contributed by atoms with van der Waals surface area (Å²) in [7, 11) is 0. The van der Waals surface area contributed by atoms with Gasteiger partial charge in [0, 0.05) is 31.9 Å². The van der Waals surface area contributed by atoms with Crippen LogP contribution in [0.3, 0.4) is 0 Å². The predicted molar refractivity (Wildman–Crippen MR) is 82.4 cm³/mol. The van der Waals surface area contributed by atoms with Crippen molar-refractivity contribution < 1.29 is 9.53 Å². The quantitative estimate of drug-likeness (QED) is 0.908. The van der Waals surface area contributed by atoms with Crippen LogP contribution in [0.5, 0.6) is 0 Å². The molecule has 1 fully saturated rings. The van der Waals surface area contributed by atoms with Crippen LogP contribution in [0.4, 0.5) is 10.5 Å². The highest BCUT2D eigenvalue weighted by atomic mass is 16.5. The van der Waals surface area contributed by atoms with E-state index in [0.29, 0.717) is 12.5 Å². The number of amides is 2. The third-order valence-electron chi connectivity index (χ3n) is 3.48. The van der Waals surface area contributed by atoms with Gasteiger partial charge in [-0.2, -0.15) is 5.10 Å². The standard InChI is InChI=1S/C15H26N4O2/c1-11(2)10-21-14-5-6-18(9-14)15(20)17-13-7-16-19(8-13)12(3)4/h7-8,11-12,14H,5-6,9-10H2,1-4H3,(H,17,20)/t14-/m1/s1. The molecule has 0 aromatic carbocycles. The van der Waals surface area contributed by atoms with Gasteiger partial charge in [-0.05, 0) is 26.2 Å². The zero-order valence-corrected chi connectivity index (χ0v) is 13.4. The van der Waals surface area contributed by atoms with Gasteiger partial charge >= 0.3 is 6.03 Å². The average Bonchev–Trinajstić information content (AvgIpc) is 3.04. The molecule has 21 heavy (non-hydrogen) atoms. The van der Waals surface area contributed by atoms with E-state index in [9.17, 15) is 4.79 Å². The molecule has 1 atom stereocenters. The minimum atomic E-state index is -0.0750. The number of carbonyl (C=O) groups is 1. The van der Waals surface area contributed by atoms with Gasteiger partial charge in [-0.3, -0.25) is 4.68 Å². The molecule has 0 aliphatic carbocycles. The SMILES string of the molecule is CC(C)CO[C@@H]1CCN(C(=O)Nc2cnn(C(C)C)c2)C1.